The molecular weight excluding hydrogens is 540 g/mol. The standard InChI is InChI=1S/C28H28N2O9S/c1-34-20-15-26(36-3)21(27(16-20)37-4)10-12-40(32,33)30-19-6-8-24(35-2)22(14-19)29-11-9-23(31)18-5-7-25-28(13-18)39-17-38-25/h5-16,29-30H,17H2,1-4H3/b11-9-,12-10+. The number of carbonyl (C=O) groups is 1. The number of carbonyl (C=O) groups excluding carboxylic acids is 1. The first-order chi connectivity index (χ1) is 19.3. The monoisotopic (exact) mass is 568 g/mol. The van der Waals surface area contributed by atoms with E-state index in [1.54, 1.807) is 42.5 Å². The van der Waals surface area contributed by atoms with E-state index in [2.05, 4.69) is 10.0 Å². The molecule has 0 spiro atoms. The number of ether oxygens (including phenoxy) is 6. The Labute approximate surface area is 232 Å². The van der Waals surface area contributed by atoms with Crippen LogP contribution in [0.4, 0.5) is 11.4 Å². The average molecular weight is 569 g/mol. The molecule has 1 heterocycles. The van der Waals surface area contributed by atoms with Crippen molar-refractivity contribution in [3.63, 3.8) is 0 Å². The molecule has 0 aliphatic carbocycles. The highest BCUT2D eigenvalue weighted by Crippen LogP contribution is 2.36. The lowest BCUT2D eigenvalue weighted by atomic mass is 10.1. The van der Waals surface area contributed by atoms with Crippen molar-refractivity contribution in [2.45, 2.75) is 0 Å². The molecule has 11 nitrogen and oxygen atoms in total. The molecule has 0 atom stereocenters. The summed E-state index contributed by atoms with van der Waals surface area (Å²) >= 11 is 0. The molecule has 0 radical (unpaired) electrons. The second-order valence-electron chi connectivity index (χ2n) is 8.22. The van der Waals surface area contributed by atoms with Crippen LogP contribution in [0.2, 0.25) is 0 Å². The van der Waals surface area contributed by atoms with Gasteiger partial charge in [0.15, 0.2) is 17.3 Å². The molecule has 1 aliphatic rings. The third kappa shape index (κ3) is 6.59. The van der Waals surface area contributed by atoms with Crippen LogP contribution in [-0.2, 0) is 10.0 Å². The fourth-order valence-electron chi connectivity index (χ4n) is 3.79. The van der Waals surface area contributed by atoms with Crippen molar-refractivity contribution < 1.29 is 41.6 Å². The van der Waals surface area contributed by atoms with Gasteiger partial charge in [-0.25, -0.2) is 8.42 Å². The van der Waals surface area contributed by atoms with E-state index in [4.69, 9.17) is 28.4 Å². The second-order valence-corrected chi connectivity index (χ2v) is 9.79. The molecule has 0 fully saturated rings. The van der Waals surface area contributed by atoms with Crippen LogP contribution < -0.4 is 38.5 Å². The molecule has 0 aromatic heterocycles. The lowest BCUT2D eigenvalue weighted by molar-refractivity contribution is 0.104. The number of fused-ring (bicyclic) bond motifs is 1. The Bertz CT molecular complexity index is 1540. The van der Waals surface area contributed by atoms with Gasteiger partial charge < -0.3 is 33.7 Å². The van der Waals surface area contributed by atoms with Crippen molar-refractivity contribution in [2.24, 2.45) is 0 Å². The van der Waals surface area contributed by atoms with E-state index < -0.39 is 10.0 Å². The van der Waals surface area contributed by atoms with Gasteiger partial charge in [0.1, 0.15) is 23.0 Å². The molecule has 0 saturated heterocycles. The summed E-state index contributed by atoms with van der Waals surface area (Å²) in [5.41, 5.74) is 1.54. The predicted octanol–water partition coefficient (Wildman–Crippen LogP) is 4.67. The Balaban J connectivity index is 1.49. The summed E-state index contributed by atoms with van der Waals surface area (Å²) in [6.45, 7) is 0.115. The Kier molecular flexibility index (Phi) is 8.70. The summed E-state index contributed by atoms with van der Waals surface area (Å²) in [5.74, 6) is 2.51. The number of sulfonamides is 1. The number of ketones is 1. The highest BCUT2D eigenvalue weighted by atomic mass is 32.2. The fraction of sp³-hybridized carbons (Fsp3) is 0.179. The van der Waals surface area contributed by atoms with Crippen molar-refractivity contribution in [2.75, 3.05) is 45.3 Å². The third-order valence-corrected chi connectivity index (χ3v) is 6.77. The number of nitrogens with one attached hydrogen (secondary N) is 2. The molecular formula is C28H28N2O9S. The van der Waals surface area contributed by atoms with Crippen LogP contribution in [0.15, 0.2) is 66.2 Å². The lowest BCUT2D eigenvalue weighted by Gasteiger charge is -2.13. The molecule has 0 unspecified atom stereocenters. The number of allylic oxidation sites excluding steroid dienone is 1. The van der Waals surface area contributed by atoms with Crippen molar-refractivity contribution in [1.82, 2.24) is 0 Å². The third-order valence-electron chi connectivity index (χ3n) is 5.76. The largest absolute Gasteiger partial charge is 0.496 e. The molecule has 0 bridgehead atoms. The van der Waals surface area contributed by atoms with Gasteiger partial charge in [-0.3, -0.25) is 9.52 Å². The van der Waals surface area contributed by atoms with E-state index in [1.807, 2.05) is 0 Å². The SMILES string of the molecule is COc1cc(OC)c(/C=C/S(=O)(=O)Nc2ccc(OC)c(N/C=C\C(=O)c3ccc4c(c3)OCO4)c2)c(OC)c1. The van der Waals surface area contributed by atoms with E-state index in [-0.39, 0.29) is 18.3 Å². The van der Waals surface area contributed by atoms with Gasteiger partial charge in [-0.15, -0.1) is 0 Å². The Morgan fingerprint density at radius 3 is 2.23 bits per heavy atom. The maximum Gasteiger partial charge on any atom is 0.255 e. The number of methoxy groups -OCH3 is 4. The highest BCUT2D eigenvalue weighted by Gasteiger charge is 2.16. The van der Waals surface area contributed by atoms with E-state index in [9.17, 15) is 13.2 Å². The van der Waals surface area contributed by atoms with Crippen LogP contribution in [0.5, 0.6) is 34.5 Å². The quantitative estimate of drug-likeness (QED) is 0.235. The first-order valence-electron chi connectivity index (χ1n) is 11.8. The van der Waals surface area contributed by atoms with Crippen molar-refractivity contribution in [1.29, 1.82) is 0 Å². The molecule has 3 aromatic carbocycles. The van der Waals surface area contributed by atoms with Gasteiger partial charge >= 0.3 is 0 Å². The van der Waals surface area contributed by atoms with Gasteiger partial charge in [-0.05, 0) is 42.5 Å². The number of hydrogen-bond acceptors (Lipinski definition) is 10. The molecule has 1 aliphatic heterocycles. The molecule has 3 aromatic rings. The smallest absolute Gasteiger partial charge is 0.255 e. The van der Waals surface area contributed by atoms with Gasteiger partial charge in [0.05, 0.1) is 50.8 Å². The topological polar surface area (TPSA) is 131 Å². The van der Waals surface area contributed by atoms with E-state index in [0.717, 1.165) is 5.41 Å². The van der Waals surface area contributed by atoms with Crippen LogP contribution in [-0.4, -0.2) is 49.4 Å². The fourth-order valence-corrected chi connectivity index (χ4v) is 4.63. The molecule has 210 valence electrons. The Hall–Kier alpha value is -4.84. The minimum absolute atomic E-state index is 0.115. The van der Waals surface area contributed by atoms with Gasteiger partial charge in [0, 0.05) is 30.0 Å². The number of rotatable bonds is 12. The molecule has 0 amide bonds. The minimum atomic E-state index is -3.95. The summed E-state index contributed by atoms with van der Waals surface area (Å²) in [6.07, 6.45) is 4.14. The van der Waals surface area contributed by atoms with Gasteiger partial charge in [0.2, 0.25) is 6.79 Å². The maximum atomic E-state index is 12.9. The summed E-state index contributed by atoms with van der Waals surface area (Å²) in [5, 5.41) is 3.96. The Morgan fingerprint density at radius 2 is 1.55 bits per heavy atom. The first-order valence-corrected chi connectivity index (χ1v) is 13.4. The van der Waals surface area contributed by atoms with E-state index in [0.29, 0.717) is 51.3 Å². The predicted molar refractivity (Wildman–Crippen MR) is 150 cm³/mol. The van der Waals surface area contributed by atoms with Crippen LogP contribution in [0, 0.1) is 0 Å². The summed E-state index contributed by atoms with van der Waals surface area (Å²) < 4.78 is 60.1. The summed E-state index contributed by atoms with van der Waals surface area (Å²) in [6, 6.07) is 12.8. The van der Waals surface area contributed by atoms with Crippen molar-refractivity contribution in [3.8, 4) is 34.5 Å². The molecule has 4 rings (SSSR count). The molecule has 40 heavy (non-hydrogen) atoms. The molecule has 12 heteroatoms. The second kappa shape index (κ2) is 12.3. The maximum absolute atomic E-state index is 12.9. The van der Waals surface area contributed by atoms with Crippen LogP contribution in [0.3, 0.4) is 0 Å². The van der Waals surface area contributed by atoms with Gasteiger partial charge in [-0.1, -0.05) is 0 Å². The first kappa shape index (κ1) is 28.2. The molecule has 0 saturated carbocycles. The normalized spacial score (nSPS) is 12.4. The zero-order valence-electron chi connectivity index (χ0n) is 22.2. The average Bonchev–Trinajstić information content (AvgIpc) is 3.43. The number of benzene rings is 3. The molecule has 2 N–H and O–H groups in total. The number of anilines is 2. The van der Waals surface area contributed by atoms with Crippen LogP contribution in [0.25, 0.3) is 6.08 Å². The zero-order valence-corrected chi connectivity index (χ0v) is 23.0. The zero-order chi connectivity index (χ0) is 28.7. The van der Waals surface area contributed by atoms with E-state index >= 15 is 0 Å². The minimum Gasteiger partial charge on any atom is -0.496 e. The summed E-state index contributed by atoms with van der Waals surface area (Å²) in [7, 11) is 1.95. The van der Waals surface area contributed by atoms with Crippen molar-refractivity contribution >= 4 is 33.3 Å². The van der Waals surface area contributed by atoms with E-state index in [1.165, 1.54) is 52.9 Å². The van der Waals surface area contributed by atoms with Crippen LogP contribution >= 0.6 is 0 Å². The Morgan fingerprint density at radius 1 is 0.850 bits per heavy atom. The van der Waals surface area contributed by atoms with Crippen LogP contribution in [0.1, 0.15) is 15.9 Å². The summed E-state index contributed by atoms with van der Waals surface area (Å²) in [4.78, 5) is 12.6. The van der Waals surface area contributed by atoms with Gasteiger partial charge in [0.25, 0.3) is 10.0 Å². The highest BCUT2D eigenvalue weighted by molar-refractivity contribution is 7.95. The number of hydrogen-bond donors (Lipinski definition) is 2. The van der Waals surface area contributed by atoms with Crippen molar-refractivity contribution in [3.05, 3.63) is 77.3 Å². The lowest BCUT2D eigenvalue weighted by Crippen LogP contribution is -2.09. The van der Waals surface area contributed by atoms with Gasteiger partial charge in [-0.2, -0.15) is 0 Å².